The van der Waals surface area contributed by atoms with E-state index in [1.54, 1.807) is 0 Å². The second-order valence-corrected chi connectivity index (χ2v) is 9.00. The quantitative estimate of drug-likeness (QED) is 0.462. The maximum absolute atomic E-state index is 4.40. The lowest BCUT2D eigenvalue weighted by molar-refractivity contribution is 0.228. The molecule has 2 aliphatic heterocycles. The number of piperidine rings is 1. The fraction of sp³-hybridized carbons (Fsp3) is 0.346. The van der Waals surface area contributed by atoms with Crippen LogP contribution < -0.4 is 0 Å². The molecule has 1 saturated heterocycles. The van der Waals surface area contributed by atoms with Gasteiger partial charge in [0.15, 0.2) is 5.65 Å². The van der Waals surface area contributed by atoms with Crippen molar-refractivity contribution in [2.24, 2.45) is 4.99 Å². The van der Waals surface area contributed by atoms with E-state index in [9.17, 15) is 0 Å². The Morgan fingerprint density at radius 2 is 2.03 bits per heavy atom. The van der Waals surface area contributed by atoms with E-state index in [0.29, 0.717) is 5.92 Å². The van der Waals surface area contributed by atoms with Gasteiger partial charge in [-0.2, -0.15) is 5.10 Å². The summed E-state index contributed by atoms with van der Waals surface area (Å²) in [4.78, 5) is 14.9. The highest BCUT2D eigenvalue weighted by Crippen LogP contribution is 2.37. The van der Waals surface area contributed by atoms with E-state index in [0.717, 1.165) is 49.1 Å². The minimum absolute atomic E-state index is 0.633. The molecule has 2 N–H and O–H groups in total. The molecule has 0 saturated carbocycles. The predicted octanol–water partition coefficient (Wildman–Crippen LogP) is 5.21. The van der Waals surface area contributed by atoms with Gasteiger partial charge in [-0.1, -0.05) is 13.0 Å². The standard InChI is InChI=1S/C26H28N6/c1-2-20-22-13-19(18-7-11-32(12-8-18)16-17-5-9-27-14-17)3-4-24(22)30-25(20)21-6-10-28-26-23(21)15-29-31-26/h3-4,6,9-10,13-15,18,30H,2,5,7-8,11-12,16H2,1H3,(H,28,29,31). The van der Waals surface area contributed by atoms with Crippen LogP contribution in [0.1, 0.15) is 43.2 Å². The number of nitrogens with zero attached hydrogens (tertiary/aromatic N) is 4. The van der Waals surface area contributed by atoms with Gasteiger partial charge in [-0.05, 0) is 73.2 Å². The average molecular weight is 425 g/mol. The number of nitrogens with one attached hydrogen (secondary N) is 2. The van der Waals surface area contributed by atoms with Crippen LogP contribution in [0.5, 0.6) is 0 Å². The van der Waals surface area contributed by atoms with Crippen LogP contribution >= 0.6 is 0 Å². The van der Waals surface area contributed by atoms with Gasteiger partial charge in [0.25, 0.3) is 0 Å². The molecule has 0 spiro atoms. The van der Waals surface area contributed by atoms with Gasteiger partial charge in [0.2, 0.25) is 0 Å². The Bertz CT molecular complexity index is 1330. The number of aliphatic imine (C=N–C) groups is 1. The number of aryl methyl sites for hydroxylation is 1. The SMILES string of the molecule is CCc1c(-c2ccnc3[nH]ncc23)[nH]c2ccc(C3CCN(CC4=CN=CC4)CC3)cc12. The van der Waals surface area contributed by atoms with Crippen LogP contribution in [0.4, 0.5) is 0 Å². The van der Waals surface area contributed by atoms with Gasteiger partial charge in [0.1, 0.15) is 0 Å². The second-order valence-electron chi connectivity index (χ2n) is 9.00. The van der Waals surface area contributed by atoms with E-state index < -0.39 is 0 Å². The highest BCUT2D eigenvalue weighted by molar-refractivity contribution is 5.98. The molecule has 0 amide bonds. The summed E-state index contributed by atoms with van der Waals surface area (Å²) in [6, 6.07) is 9.13. The third-order valence-corrected chi connectivity index (χ3v) is 7.11. The monoisotopic (exact) mass is 424 g/mol. The van der Waals surface area contributed by atoms with Crippen molar-refractivity contribution < 1.29 is 0 Å². The van der Waals surface area contributed by atoms with Crippen molar-refractivity contribution >= 4 is 28.2 Å². The van der Waals surface area contributed by atoms with Crippen molar-refractivity contribution in [1.82, 2.24) is 25.1 Å². The second kappa shape index (κ2) is 8.02. The first kappa shape index (κ1) is 19.4. The highest BCUT2D eigenvalue weighted by Gasteiger charge is 2.23. The van der Waals surface area contributed by atoms with Gasteiger partial charge in [-0.15, -0.1) is 0 Å². The van der Waals surface area contributed by atoms with Crippen LogP contribution in [0.3, 0.4) is 0 Å². The lowest BCUT2D eigenvalue weighted by atomic mass is 9.88. The van der Waals surface area contributed by atoms with Crippen LogP contribution in [0.25, 0.3) is 33.2 Å². The smallest absolute Gasteiger partial charge is 0.155 e. The summed E-state index contributed by atoms with van der Waals surface area (Å²) in [6.45, 7) is 5.64. The number of rotatable bonds is 5. The van der Waals surface area contributed by atoms with Crippen LogP contribution in [0, 0.1) is 0 Å². The molecule has 0 unspecified atom stereocenters. The number of pyridine rings is 1. The van der Waals surface area contributed by atoms with Gasteiger partial charge >= 0.3 is 0 Å². The van der Waals surface area contributed by atoms with E-state index in [1.807, 2.05) is 24.8 Å². The molecule has 0 radical (unpaired) electrons. The predicted molar refractivity (Wildman–Crippen MR) is 130 cm³/mol. The van der Waals surface area contributed by atoms with Crippen molar-refractivity contribution in [3.8, 4) is 11.3 Å². The maximum Gasteiger partial charge on any atom is 0.155 e. The van der Waals surface area contributed by atoms with Gasteiger partial charge in [-0.3, -0.25) is 15.0 Å². The topological polar surface area (TPSA) is 73.0 Å². The van der Waals surface area contributed by atoms with E-state index in [-0.39, 0.29) is 0 Å². The van der Waals surface area contributed by atoms with Gasteiger partial charge in [-0.25, -0.2) is 4.98 Å². The summed E-state index contributed by atoms with van der Waals surface area (Å²) in [6.07, 6.45) is 12.2. The Kier molecular flexibility index (Phi) is 4.87. The van der Waals surface area contributed by atoms with Crippen molar-refractivity contribution in [3.63, 3.8) is 0 Å². The molecular weight excluding hydrogens is 396 g/mol. The summed E-state index contributed by atoms with van der Waals surface area (Å²) >= 11 is 0. The number of fused-ring (bicyclic) bond motifs is 2. The number of aromatic amines is 2. The lowest BCUT2D eigenvalue weighted by Crippen LogP contribution is -2.34. The van der Waals surface area contributed by atoms with Gasteiger partial charge < -0.3 is 4.98 Å². The van der Waals surface area contributed by atoms with Gasteiger partial charge in [0.05, 0.1) is 11.9 Å². The average Bonchev–Trinajstić information content (AvgIpc) is 3.58. The molecule has 4 aromatic rings. The van der Waals surface area contributed by atoms with Crippen LogP contribution in [0.2, 0.25) is 0 Å². The van der Waals surface area contributed by atoms with Crippen LogP contribution in [0.15, 0.2) is 53.4 Å². The number of benzene rings is 1. The molecule has 1 aromatic carbocycles. The van der Waals surface area contributed by atoms with Crippen LogP contribution in [-0.4, -0.2) is 50.9 Å². The summed E-state index contributed by atoms with van der Waals surface area (Å²) in [5.74, 6) is 0.633. The van der Waals surface area contributed by atoms with E-state index in [2.05, 4.69) is 61.2 Å². The summed E-state index contributed by atoms with van der Waals surface area (Å²) < 4.78 is 0. The molecule has 2 aliphatic rings. The molecule has 162 valence electrons. The first-order valence-corrected chi connectivity index (χ1v) is 11.6. The molecule has 32 heavy (non-hydrogen) atoms. The van der Waals surface area contributed by atoms with Crippen molar-refractivity contribution in [3.05, 3.63) is 59.6 Å². The first-order valence-electron chi connectivity index (χ1n) is 11.6. The molecule has 3 aromatic heterocycles. The summed E-state index contributed by atoms with van der Waals surface area (Å²) in [7, 11) is 0. The molecule has 0 atom stereocenters. The Morgan fingerprint density at radius 3 is 2.84 bits per heavy atom. The highest BCUT2D eigenvalue weighted by atomic mass is 15.1. The summed E-state index contributed by atoms with van der Waals surface area (Å²) in [5, 5.41) is 9.59. The Hall–Kier alpha value is -3.25. The normalized spacial score (nSPS) is 17.6. The minimum Gasteiger partial charge on any atom is -0.354 e. The Labute approximate surface area is 187 Å². The van der Waals surface area contributed by atoms with Gasteiger partial charge in [0, 0.05) is 53.4 Å². The minimum atomic E-state index is 0.633. The van der Waals surface area contributed by atoms with E-state index in [1.165, 1.54) is 46.1 Å². The Balaban J connectivity index is 1.28. The third-order valence-electron chi connectivity index (χ3n) is 7.11. The van der Waals surface area contributed by atoms with Crippen molar-refractivity contribution in [2.45, 2.75) is 38.5 Å². The molecule has 0 bridgehead atoms. The molecule has 5 heterocycles. The summed E-state index contributed by atoms with van der Waals surface area (Å²) in [5.41, 5.74) is 8.69. The maximum atomic E-state index is 4.40. The fourth-order valence-corrected chi connectivity index (χ4v) is 5.38. The van der Waals surface area contributed by atoms with Crippen molar-refractivity contribution in [1.29, 1.82) is 0 Å². The zero-order valence-electron chi connectivity index (χ0n) is 18.4. The third kappa shape index (κ3) is 3.35. The Morgan fingerprint density at radius 1 is 1.12 bits per heavy atom. The van der Waals surface area contributed by atoms with Crippen LogP contribution in [-0.2, 0) is 6.42 Å². The molecule has 0 aliphatic carbocycles. The molecular formula is C26H28N6. The van der Waals surface area contributed by atoms with E-state index in [4.69, 9.17) is 0 Å². The molecule has 6 rings (SSSR count). The lowest BCUT2D eigenvalue weighted by Gasteiger charge is -2.32. The number of H-pyrrole nitrogens is 2. The number of likely N-dealkylation sites (tertiary alicyclic amines) is 1. The molecule has 1 fully saturated rings. The van der Waals surface area contributed by atoms with E-state index >= 15 is 0 Å². The van der Waals surface area contributed by atoms with Crippen molar-refractivity contribution in [2.75, 3.05) is 19.6 Å². The zero-order valence-corrected chi connectivity index (χ0v) is 18.4. The molecule has 6 heteroatoms. The number of hydrogen-bond acceptors (Lipinski definition) is 4. The first-order chi connectivity index (χ1) is 15.8. The number of aromatic nitrogens is 4. The fourth-order valence-electron chi connectivity index (χ4n) is 5.38. The largest absolute Gasteiger partial charge is 0.354 e. The molecule has 6 nitrogen and oxygen atoms in total. The zero-order chi connectivity index (χ0) is 21.5. The number of hydrogen-bond donors (Lipinski definition) is 2.